The third-order valence-electron chi connectivity index (χ3n) is 3.23. The van der Waals surface area contributed by atoms with Gasteiger partial charge in [-0.05, 0) is 76.4 Å². The molecule has 0 saturated heterocycles. The van der Waals surface area contributed by atoms with Crippen LogP contribution >= 0.6 is 33.9 Å². The highest BCUT2D eigenvalue weighted by Crippen LogP contribution is 2.31. The molecular weight excluding hydrogens is 384 g/mol. The van der Waals surface area contributed by atoms with E-state index in [2.05, 4.69) is 46.9 Å². The van der Waals surface area contributed by atoms with Crippen LogP contribution in [0.25, 0.3) is 10.1 Å². The van der Waals surface area contributed by atoms with Crippen molar-refractivity contribution in [3.8, 4) is 0 Å². The molecule has 0 aliphatic heterocycles. The van der Waals surface area contributed by atoms with Crippen LogP contribution < -0.4 is 5.73 Å². The molecule has 102 valence electrons. The molecule has 0 spiro atoms. The average Bonchev–Trinajstić information content (AvgIpc) is 2.84. The summed E-state index contributed by atoms with van der Waals surface area (Å²) in [6.45, 7) is 0. The fraction of sp³-hybridized carbons (Fsp3) is 0.125. The molecule has 1 nitrogen and oxygen atoms in total. The SMILES string of the molecule is NC(Cc1ccc(I)cc1)c1cc2cc(F)ccc2s1. The third-order valence-corrected chi connectivity index (χ3v) is 5.20. The second-order valence-electron chi connectivity index (χ2n) is 4.77. The smallest absolute Gasteiger partial charge is 0.123 e. The van der Waals surface area contributed by atoms with Crippen LogP contribution in [0.2, 0.25) is 0 Å². The zero-order chi connectivity index (χ0) is 14.1. The van der Waals surface area contributed by atoms with Crippen LogP contribution in [0.5, 0.6) is 0 Å². The average molecular weight is 397 g/mol. The summed E-state index contributed by atoms with van der Waals surface area (Å²) in [5, 5.41) is 0.933. The molecule has 3 rings (SSSR count). The molecule has 3 aromatic rings. The Labute approximate surface area is 134 Å². The van der Waals surface area contributed by atoms with Crippen molar-refractivity contribution in [3.05, 3.63) is 68.4 Å². The Balaban J connectivity index is 1.84. The number of nitrogens with two attached hydrogens (primary N) is 1. The minimum absolute atomic E-state index is 0.0458. The Morgan fingerprint density at radius 2 is 1.85 bits per heavy atom. The number of fused-ring (bicyclic) bond motifs is 1. The van der Waals surface area contributed by atoms with Crippen molar-refractivity contribution in [1.29, 1.82) is 0 Å². The van der Waals surface area contributed by atoms with E-state index in [1.807, 2.05) is 12.1 Å². The Morgan fingerprint density at radius 1 is 1.10 bits per heavy atom. The number of benzene rings is 2. The topological polar surface area (TPSA) is 26.0 Å². The maximum absolute atomic E-state index is 13.2. The lowest BCUT2D eigenvalue weighted by Crippen LogP contribution is -2.11. The normalized spacial score (nSPS) is 12.8. The second-order valence-corrected chi connectivity index (χ2v) is 7.13. The molecule has 1 unspecified atom stereocenters. The van der Waals surface area contributed by atoms with E-state index in [4.69, 9.17) is 5.73 Å². The lowest BCUT2D eigenvalue weighted by atomic mass is 10.1. The van der Waals surface area contributed by atoms with Crippen molar-refractivity contribution in [3.63, 3.8) is 0 Å². The summed E-state index contributed by atoms with van der Waals surface area (Å²) in [5.74, 6) is -0.201. The van der Waals surface area contributed by atoms with Crippen LogP contribution in [0.3, 0.4) is 0 Å². The van der Waals surface area contributed by atoms with Gasteiger partial charge in [0.1, 0.15) is 5.82 Å². The lowest BCUT2D eigenvalue weighted by Gasteiger charge is -2.09. The Kier molecular flexibility index (Phi) is 4.05. The van der Waals surface area contributed by atoms with Crippen LogP contribution in [-0.4, -0.2) is 0 Å². The van der Waals surface area contributed by atoms with Gasteiger partial charge in [0.05, 0.1) is 0 Å². The van der Waals surface area contributed by atoms with Crippen molar-refractivity contribution in [1.82, 2.24) is 0 Å². The van der Waals surface area contributed by atoms with Crippen LogP contribution in [0, 0.1) is 9.39 Å². The zero-order valence-electron chi connectivity index (χ0n) is 10.6. The summed E-state index contributed by atoms with van der Waals surface area (Å²) < 4.78 is 15.5. The van der Waals surface area contributed by atoms with E-state index in [9.17, 15) is 4.39 Å². The monoisotopic (exact) mass is 397 g/mol. The summed E-state index contributed by atoms with van der Waals surface area (Å²) in [4.78, 5) is 1.10. The van der Waals surface area contributed by atoms with Gasteiger partial charge in [0.2, 0.25) is 0 Å². The van der Waals surface area contributed by atoms with E-state index >= 15 is 0 Å². The number of thiophene rings is 1. The molecule has 0 radical (unpaired) electrons. The minimum Gasteiger partial charge on any atom is -0.323 e. The van der Waals surface area contributed by atoms with Crippen LogP contribution in [0.4, 0.5) is 4.39 Å². The fourth-order valence-electron chi connectivity index (χ4n) is 2.19. The molecule has 1 atom stereocenters. The summed E-state index contributed by atoms with van der Waals surface area (Å²) in [6, 6.07) is 15.2. The first-order valence-corrected chi connectivity index (χ1v) is 8.20. The van der Waals surface area contributed by atoms with Crippen LogP contribution in [0.15, 0.2) is 48.5 Å². The van der Waals surface area contributed by atoms with E-state index in [-0.39, 0.29) is 11.9 Å². The van der Waals surface area contributed by atoms with Gasteiger partial charge in [0.15, 0.2) is 0 Å². The first kappa shape index (κ1) is 14.0. The van der Waals surface area contributed by atoms with Gasteiger partial charge in [0.25, 0.3) is 0 Å². The van der Waals surface area contributed by atoms with Crippen molar-refractivity contribution >= 4 is 44.0 Å². The van der Waals surface area contributed by atoms with Gasteiger partial charge < -0.3 is 5.73 Å². The largest absolute Gasteiger partial charge is 0.323 e. The van der Waals surface area contributed by atoms with Gasteiger partial charge in [-0.2, -0.15) is 0 Å². The maximum Gasteiger partial charge on any atom is 0.123 e. The first-order chi connectivity index (χ1) is 9.61. The van der Waals surface area contributed by atoms with E-state index in [1.165, 1.54) is 15.2 Å². The summed E-state index contributed by atoms with van der Waals surface area (Å²) in [7, 11) is 0. The quantitative estimate of drug-likeness (QED) is 0.626. The molecule has 0 bridgehead atoms. The molecule has 2 aromatic carbocycles. The van der Waals surface area contributed by atoms with Crippen molar-refractivity contribution in [2.75, 3.05) is 0 Å². The molecule has 1 heterocycles. The van der Waals surface area contributed by atoms with Gasteiger partial charge in [-0.3, -0.25) is 0 Å². The molecule has 20 heavy (non-hydrogen) atoms. The number of hydrogen-bond donors (Lipinski definition) is 1. The maximum atomic E-state index is 13.2. The standard InChI is InChI=1S/C16H13FINS/c17-12-3-6-15-11(8-12)9-16(20-15)14(19)7-10-1-4-13(18)5-2-10/h1-6,8-9,14H,7,19H2. The van der Waals surface area contributed by atoms with Crippen molar-refractivity contribution in [2.24, 2.45) is 5.73 Å². The minimum atomic E-state index is -0.201. The predicted molar refractivity (Wildman–Crippen MR) is 91.6 cm³/mol. The Hall–Kier alpha value is -0.980. The molecule has 0 fully saturated rings. The number of halogens is 2. The lowest BCUT2D eigenvalue weighted by molar-refractivity contribution is 0.630. The van der Waals surface area contributed by atoms with Crippen LogP contribution in [0.1, 0.15) is 16.5 Å². The molecule has 0 saturated carbocycles. The van der Waals surface area contributed by atoms with E-state index < -0.39 is 0 Å². The van der Waals surface area contributed by atoms with E-state index in [1.54, 1.807) is 17.4 Å². The number of rotatable bonds is 3. The van der Waals surface area contributed by atoms with Crippen LogP contribution in [-0.2, 0) is 6.42 Å². The molecule has 4 heteroatoms. The summed E-state index contributed by atoms with van der Waals surface area (Å²) >= 11 is 3.93. The highest BCUT2D eigenvalue weighted by molar-refractivity contribution is 14.1. The number of hydrogen-bond acceptors (Lipinski definition) is 2. The van der Waals surface area contributed by atoms with Gasteiger partial charge in [0, 0.05) is 19.2 Å². The Bertz CT molecular complexity index is 736. The summed E-state index contributed by atoms with van der Waals surface area (Å²) in [5.41, 5.74) is 7.51. The molecule has 0 aliphatic rings. The molecule has 1 aromatic heterocycles. The van der Waals surface area contributed by atoms with Crippen molar-refractivity contribution in [2.45, 2.75) is 12.5 Å². The van der Waals surface area contributed by atoms with Gasteiger partial charge >= 0.3 is 0 Å². The highest BCUT2D eigenvalue weighted by Gasteiger charge is 2.11. The van der Waals surface area contributed by atoms with Gasteiger partial charge in [-0.25, -0.2) is 4.39 Å². The third kappa shape index (κ3) is 3.02. The predicted octanol–water partition coefficient (Wildman–Crippen LogP) is 4.89. The molecule has 2 N–H and O–H groups in total. The van der Waals surface area contributed by atoms with E-state index in [0.717, 1.165) is 21.4 Å². The molecular formula is C16H13FINS. The zero-order valence-corrected chi connectivity index (χ0v) is 13.6. The van der Waals surface area contributed by atoms with E-state index in [0.29, 0.717) is 0 Å². The molecule has 0 aliphatic carbocycles. The fourth-order valence-corrected chi connectivity index (χ4v) is 3.60. The highest BCUT2D eigenvalue weighted by atomic mass is 127. The van der Waals surface area contributed by atoms with Crippen molar-refractivity contribution < 1.29 is 4.39 Å². The molecule has 0 amide bonds. The Morgan fingerprint density at radius 3 is 2.60 bits per heavy atom. The van der Waals surface area contributed by atoms with Gasteiger partial charge in [-0.1, -0.05) is 12.1 Å². The first-order valence-electron chi connectivity index (χ1n) is 6.31. The summed E-state index contributed by atoms with van der Waals surface area (Å²) in [6.07, 6.45) is 0.798. The second kappa shape index (κ2) is 5.79. The van der Waals surface area contributed by atoms with Gasteiger partial charge in [-0.15, -0.1) is 11.3 Å².